The van der Waals surface area contributed by atoms with Crippen molar-refractivity contribution < 1.29 is 9.53 Å². The molecule has 0 unspecified atom stereocenters. The third kappa shape index (κ3) is 3.63. The van der Waals surface area contributed by atoms with Gasteiger partial charge in [0.15, 0.2) is 0 Å². The van der Waals surface area contributed by atoms with Crippen molar-refractivity contribution in [3.63, 3.8) is 0 Å². The lowest BCUT2D eigenvalue weighted by Gasteiger charge is -2.29. The van der Waals surface area contributed by atoms with E-state index in [9.17, 15) is 4.79 Å². The predicted octanol–water partition coefficient (Wildman–Crippen LogP) is 3.33. The number of nitrogens with two attached hydrogens (primary N) is 1. The average molecular weight is 390 g/mol. The van der Waals surface area contributed by atoms with E-state index >= 15 is 0 Å². The van der Waals surface area contributed by atoms with Crippen LogP contribution in [-0.2, 0) is 4.74 Å². The number of pyridine rings is 1. The lowest BCUT2D eigenvalue weighted by atomic mass is 9.93. The van der Waals surface area contributed by atoms with Crippen molar-refractivity contribution in [2.75, 3.05) is 51.0 Å². The van der Waals surface area contributed by atoms with Gasteiger partial charge >= 0.3 is 0 Å². The number of nitrogen functional groups attached to an aromatic ring is 1. The van der Waals surface area contributed by atoms with Crippen molar-refractivity contribution in [2.45, 2.75) is 6.92 Å². The molecule has 29 heavy (non-hydrogen) atoms. The number of amides is 1. The number of ether oxygens (including phenoxy) is 1. The van der Waals surface area contributed by atoms with Crippen molar-refractivity contribution in [3.05, 3.63) is 53.6 Å². The molecule has 1 amide bonds. The molecule has 2 aromatic carbocycles. The summed E-state index contributed by atoms with van der Waals surface area (Å²) in [5.41, 5.74) is 11.7. The summed E-state index contributed by atoms with van der Waals surface area (Å²) in [7, 11) is 3.55. The molecule has 2 heterocycles. The van der Waals surface area contributed by atoms with Gasteiger partial charge in [-0.2, -0.15) is 0 Å². The second kappa shape index (κ2) is 7.72. The van der Waals surface area contributed by atoms with E-state index in [4.69, 9.17) is 10.5 Å². The predicted molar refractivity (Wildman–Crippen MR) is 117 cm³/mol. The molecule has 0 saturated carbocycles. The number of hydrogen-bond acceptors (Lipinski definition) is 5. The zero-order valence-corrected chi connectivity index (χ0v) is 17.1. The molecular weight excluding hydrogens is 364 g/mol. The zero-order chi connectivity index (χ0) is 20.5. The number of morpholine rings is 1. The third-order valence-electron chi connectivity index (χ3n) is 5.37. The van der Waals surface area contributed by atoms with Crippen LogP contribution >= 0.6 is 0 Å². The number of hydrogen-bond donors (Lipinski definition) is 1. The van der Waals surface area contributed by atoms with E-state index in [1.54, 1.807) is 19.0 Å². The molecule has 0 radical (unpaired) electrons. The fourth-order valence-electron chi connectivity index (χ4n) is 3.86. The number of carbonyl (C=O) groups excluding carboxylic acids is 1. The quantitative estimate of drug-likeness (QED) is 0.743. The van der Waals surface area contributed by atoms with Gasteiger partial charge in [-0.25, -0.2) is 4.98 Å². The number of benzene rings is 2. The first kappa shape index (κ1) is 19.2. The van der Waals surface area contributed by atoms with Crippen LogP contribution in [-0.4, -0.2) is 56.2 Å². The summed E-state index contributed by atoms with van der Waals surface area (Å²) in [5, 5.41) is 1.00. The van der Waals surface area contributed by atoms with Gasteiger partial charge in [-0.15, -0.1) is 0 Å². The Hall–Kier alpha value is -3.12. The first-order valence-corrected chi connectivity index (χ1v) is 9.80. The number of aryl methyl sites for hydroxylation is 1. The summed E-state index contributed by atoms with van der Waals surface area (Å²) < 4.78 is 5.45. The van der Waals surface area contributed by atoms with Crippen LogP contribution in [0, 0.1) is 6.92 Å². The lowest BCUT2D eigenvalue weighted by Crippen LogP contribution is -2.36. The summed E-state index contributed by atoms with van der Waals surface area (Å²) in [6, 6.07) is 14.0. The van der Waals surface area contributed by atoms with Gasteiger partial charge in [0.2, 0.25) is 0 Å². The van der Waals surface area contributed by atoms with Gasteiger partial charge in [-0.05, 0) is 47.9 Å². The monoisotopic (exact) mass is 390 g/mol. The summed E-state index contributed by atoms with van der Waals surface area (Å²) in [5.74, 6) is 0.528. The molecule has 0 spiro atoms. The molecule has 1 aromatic heterocycles. The van der Waals surface area contributed by atoms with Crippen molar-refractivity contribution in [1.82, 2.24) is 9.88 Å². The van der Waals surface area contributed by atoms with Crippen LogP contribution in [0.3, 0.4) is 0 Å². The van der Waals surface area contributed by atoms with Crippen molar-refractivity contribution in [1.29, 1.82) is 0 Å². The molecule has 3 aromatic rings. The first-order chi connectivity index (χ1) is 14.0. The van der Waals surface area contributed by atoms with Crippen molar-refractivity contribution in [2.24, 2.45) is 0 Å². The molecule has 150 valence electrons. The summed E-state index contributed by atoms with van der Waals surface area (Å²) in [4.78, 5) is 21.2. The topological polar surface area (TPSA) is 71.7 Å². The molecule has 0 aliphatic carbocycles. The molecular formula is C23H26N4O2. The fourth-order valence-corrected chi connectivity index (χ4v) is 3.86. The smallest absolute Gasteiger partial charge is 0.253 e. The van der Waals surface area contributed by atoms with Gasteiger partial charge in [0.05, 0.1) is 24.4 Å². The van der Waals surface area contributed by atoms with E-state index in [0.29, 0.717) is 24.6 Å². The zero-order valence-electron chi connectivity index (χ0n) is 17.1. The minimum absolute atomic E-state index is 0.00626. The molecule has 1 aliphatic heterocycles. The first-order valence-electron chi connectivity index (χ1n) is 9.80. The van der Waals surface area contributed by atoms with Crippen LogP contribution in [0.4, 0.5) is 11.5 Å². The number of rotatable bonds is 3. The van der Waals surface area contributed by atoms with E-state index in [1.165, 1.54) is 0 Å². The number of fused-ring (bicyclic) bond motifs is 1. The van der Waals surface area contributed by atoms with Gasteiger partial charge in [0, 0.05) is 38.1 Å². The average Bonchev–Trinajstić information content (AvgIpc) is 2.73. The third-order valence-corrected chi connectivity index (χ3v) is 5.37. The Labute approximate surface area is 170 Å². The highest BCUT2D eigenvalue weighted by Gasteiger charge is 2.18. The van der Waals surface area contributed by atoms with Gasteiger partial charge < -0.3 is 20.3 Å². The van der Waals surface area contributed by atoms with Crippen LogP contribution in [0.25, 0.3) is 22.0 Å². The molecule has 1 saturated heterocycles. The number of nitrogens with zero attached hydrogens (tertiary/aromatic N) is 3. The SMILES string of the molecule is Cc1cccc(C(=O)N(C)C)c1-c1ccc2nc(N)c(N3CCOCC3)cc2c1. The summed E-state index contributed by atoms with van der Waals surface area (Å²) in [6.07, 6.45) is 0. The molecule has 2 N–H and O–H groups in total. The van der Waals surface area contributed by atoms with Crippen LogP contribution < -0.4 is 10.6 Å². The minimum Gasteiger partial charge on any atom is -0.382 e. The summed E-state index contributed by atoms with van der Waals surface area (Å²) >= 11 is 0. The Kier molecular flexibility index (Phi) is 5.11. The van der Waals surface area contributed by atoms with Gasteiger partial charge in [-0.3, -0.25) is 4.79 Å². The normalized spacial score (nSPS) is 14.2. The van der Waals surface area contributed by atoms with E-state index in [1.807, 2.05) is 37.3 Å². The Bertz CT molecular complexity index is 1070. The minimum atomic E-state index is -0.00626. The van der Waals surface area contributed by atoms with E-state index in [2.05, 4.69) is 22.0 Å². The molecule has 0 atom stereocenters. The molecule has 6 heteroatoms. The van der Waals surface area contributed by atoms with E-state index in [-0.39, 0.29) is 5.91 Å². The van der Waals surface area contributed by atoms with Crippen LogP contribution in [0.2, 0.25) is 0 Å². The molecule has 1 aliphatic rings. The second-order valence-corrected chi connectivity index (χ2v) is 7.60. The maximum Gasteiger partial charge on any atom is 0.253 e. The van der Waals surface area contributed by atoms with Crippen LogP contribution in [0.15, 0.2) is 42.5 Å². The maximum absolute atomic E-state index is 12.7. The molecule has 0 bridgehead atoms. The largest absolute Gasteiger partial charge is 0.382 e. The van der Waals surface area contributed by atoms with Crippen molar-refractivity contribution in [3.8, 4) is 11.1 Å². The Balaban J connectivity index is 1.84. The Morgan fingerprint density at radius 1 is 1.14 bits per heavy atom. The Morgan fingerprint density at radius 2 is 1.90 bits per heavy atom. The highest BCUT2D eigenvalue weighted by Crippen LogP contribution is 2.33. The Morgan fingerprint density at radius 3 is 2.62 bits per heavy atom. The van der Waals surface area contributed by atoms with Crippen molar-refractivity contribution >= 4 is 28.3 Å². The van der Waals surface area contributed by atoms with Gasteiger partial charge in [-0.1, -0.05) is 18.2 Å². The van der Waals surface area contributed by atoms with Gasteiger partial charge in [0.1, 0.15) is 5.82 Å². The number of anilines is 2. The fraction of sp³-hybridized carbons (Fsp3) is 0.304. The van der Waals surface area contributed by atoms with E-state index < -0.39 is 0 Å². The molecule has 6 nitrogen and oxygen atoms in total. The molecule has 1 fully saturated rings. The maximum atomic E-state index is 12.7. The molecule has 4 rings (SSSR count). The standard InChI is InChI=1S/C23H26N4O2/c1-15-5-4-6-18(23(28)26(2)3)21(15)16-7-8-19-17(13-16)14-20(22(24)25-19)27-9-11-29-12-10-27/h4-8,13-14H,9-12H2,1-3H3,(H2,24,25). The summed E-state index contributed by atoms with van der Waals surface area (Å²) in [6.45, 7) is 5.02. The van der Waals surface area contributed by atoms with E-state index in [0.717, 1.165) is 46.4 Å². The number of aromatic nitrogens is 1. The second-order valence-electron chi connectivity index (χ2n) is 7.60. The highest BCUT2D eigenvalue weighted by molar-refractivity contribution is 6.02. The van der Waals surface area contributed by atoms with Crippen LogP contribution in [0.5, 0.6) is 0 Å². The highest BCUT2D eigenvalue weighted by atomic mass is 16.5. The van der Waals surface area contributed by atoms with Crippen LogP contribution in [0.1, 0.15) is 15.9 Å². The lowest BCUT2D eigenvalue weighted by molar-refractivity contribution is 0.0828. The van der Waals surface area contributed by atoms with Gasteiger partial charge in [0.25, 0.3) is 5.91 Å². The number of carbonyl (C=O) groups is 1.